The molecule has 0 saturated heterocycles. The Morgan fingerprint density at radius 2 is 1.87 bits per heavy atom. The molecule has 1 amide bonds. The number of aromatic nitrogens is 1. The Labute approximate surface area is 180 Å². The number of amides is 1. The molecular formula is C21H18ClF3N2O2S. The van der Waals surface area contributed by atoms with Gasteiger partial charge in [-0.15, -0.1) is 11.3 Å². The van der Waals surface area contributed by atoms with Crippen molar-refractivity contribution < 1.29 is 22.7 Å². The zero-order valence-electron chi connectivity index (χ0n) is 15.7. The number of rotatable bonds is 8. The average molecular weight is 455 g/mol. The van der Waals surface area contributed by atoms with E-state index in [0.717, 1.165) is 6.07 Å². The number of thiazole rings is 1. The van der Waals surface area contributed by atoms with Gasteiger partial charge in [0.15, 0.2) is 0 Å². The normalized spacial score (nSPS) is 11.3. The molecule has 1 N–H and O–H groups in total. The van der Waals surface area contributed by atoms with Gasteiger partial charge in [-0.2, -0.15) is 13.2 Å². The van der Waals surface area contributed by atoms with Gasteiger partial charge in [0, 0.05) is 16.9 Å². The predicted octanol–water partition coefficient (Wildman–Crippen LogP) is 5.30. The van der Waals surface area contributed by atoms with Crippen LogP contribution in [0.25, 0.3) is 0 Å². The predicted molar refractivity (Wildman–Crippen MR) is 110 cm³/mol. The average Bonchev–Trinajstić information content (AvgIpc) is 3.14. The summed E-state index contributed by atoms with van der Waals surface area (Å²) < 4.78 is 44.6. The highest BCUT2D eigenvalue weighted by atomic mass is 35.5. The number of ether oxygens (including phenoxy) is 1. The Balaban J connectivity index is 1.45. The standard InChI is InChI=1S/C21H18ClF3N2O2S/c22-15-5-7-17(8-6-15)29-12-20-27-16(13-30-20)11-19(28)26-10-9-14-3-1-2-4-18(14)21(23,24)25/h1-8,13H,9-12H2,(H,26,28). The highest BCUT2D eigenvalue weighted by Gasteiger charge is 2.32. The van der Waals surface area contributed by atoms with E-state index in [1.807, 2.05) is 0 Å². The summed E-state index contributed by atoms with van der Waals surface area (Å²) in [5.41, 5.74) is 0.0626. The van der Waals surface area contributed by atoms with Crippen LogP contribution in [0.3, 0.4) is 0 Å². The minimum atomic E-state index is -4.41. The molecule has 0 atom stereocenters. The summed E-state index contributed by atoms with van der Waals surface area (Å²) in [5, 5.41) is 5.74. The van der Waals surface area contributed by atoms with Crippen molar-refractivity contribution >= 4 is 28.8 Å². The van der Waals surface area contributed by atoms with Gasteiger partial charge in [-0.3, -0.25) is 4.79 Å². The molecule has 0 fully saturated rings. The molecule has 2 aromatic carbocycles. The van der Waals surface area contributed by atoms with Gasteiger partial charge in [-0.1, -0.05) is 29.8 Å². The number of hydrogen-bond donors (Lipinski definition) is 1. The van der Waals surface area contributed by atoms with E-state index in [-0.39, 0.29) is 37.5 Å². The van der Waals surface area contributed by atoms with Crippen LogP contribution in [0.2, 0.25) is 5.02 Å². The monoisotopic (exact) mass is 454 g/mol. The molecular weight excluding hydrogens is 437 g/mol. The smallest absolute Gasteiger partial charge is 0.416 e. The highest BCUT2D eigenvalue weighted by molar-refractivity contribution is 7.09. The first-order valence-electron chi connectivity index (χ1n) is 9.05. The first kappa shape index (κ1) is 22.1. The lowest BCUT2D eigenvalue weighted by Gasteiger charge is -2.12. The molecule has 0 spiro atoms. The second kappa shape index (κ2) is 9.95. The zero-order valence-corrected chi connectivity index (χ0v) is 17.3. The van der Waals surface area contributed by atoms with E-state index in [4.69, 9.17) is 16.3 Å². The number of nitrogens with zero attached hydrogens (tertiary/aromatic N) is 1. The van der Waals surface area contributed by atoms with Crippen LogP contribution in [0.4, 0.5) is 13.2 Å². The van der Waals surface area contributed by atoms with E-state index in [1.54, 1.807) is 35.7 Å². The quantitative estimate of drug-likeness (QED) is 0.502. The maximum Gasteiger partial charge on any atom is 0.416 e. The van der Waals surface area contributed by atoms with Crippen molar-refractivity contribution in [3.05, 3.63) is 80.8 Å². The van der Waals surface area contributed by atoms with Gasteiger partial charge in [0.2, 0.25) is 5.91 Å². The van der Waals surface area contributed by atoms with Gasteiger partial charge < -0.3 is 10.1 Å². The molecule has 1 heterocycles. The molecule has 3 aromatic rings. The molecule has 0 radical (unpaired) electrons. The fourth-order valence-electron chi connectivity index (χ4n) is 2.75. The zero-order chi connectivity index (χ0) is 21.6. The van der Waals surface area contributed by atoms with Crippen LogP contribution in [0, 0.1) is 0 Å². The summed E-state index contributed by atoms with van der Waals surface area (Å²) in [6, 6.07) is 12.3. The largest absolute Gasteiger partial charge is 0.486 e. The van der Waals surface area contributed by atoms with Crippen LogP contribution in [0.1, 0.15) is 21.8 Å². The molecule has 0 aliphatic carbocycles. The number of benzene rings is 2. The van der Waals surface area contributed by atoms with Crippen molar-refractivity contribution in [2.24, 2.45) is 0 Å². The van der Waals surface area contributed by atoms with Crippen LogP contribution in [-0.4, -0.2) is 17.4 Å². The van der Waals surface area contributed by atoms with Crippen LogP contribution >= 0.6 is 22.9 Å². The molecule has 0 aliphatic heterocycles. The van der Waals surface area contributed by atoms with E-state index < -0.39 is 11.7 Å². The SMILES string of the molecule is O=C(Cc1csc(COc2ccc(Cl)cc2)n1)NCCc1ccccc1C(F)(F)F. The lowest BCUT2D eigenvalue weighted by molar-refractivity contribution is -0.138. The third kappa shape index (κ3) is 6.47. The Bertz CT molecular complexity index is 990. The maximum absolute atomic E-state index is 13.0. The Morgan fingerprint density at radius 1 is 1.13 bits per heavy atom. The first-order chi connectivity index (χ1) is 14.3. The molecule has 0 aliphatic rings. The number of hydrogen-bond acceptors (Lipinski definition) is 4. The fourth-order valence-corrected chi connectivity index (χ4v) is 3.58. The van der Waals surface area contributed by atoms with E-state index in [0.29, 0.717) is 21.5 Å². The maximum atomic E-state index is 13.0. The van der Waals surface area contributed by atoms with Crippen molar-refractivity contribution in [1.29, 1.82) is 0 Å². The van der Waals surface area contributed by atoms with Crippen molar-refractivity contribution in [3.8, 4) is 5.75 Å². The second-order valence-electron chi connectivity index (χ2n) is 6.41. The summed E-state index contributed by atoms with van der Waals surface area (Å²) in [6.45, 7) is 0.380. The van der Waals surface area contributed by atoms with E-state index in [1.165, 1.54) is 23.5 Å². The van der Waals surface area contributed by atoms with Crippen LogP contribution < -0.4 is 10.1 Å². The number of nitrogens with one attached hydrogen (secondary N) is 1. The molecule has 158 valence electrons. The third-order valence-electron chi connectivity index (χ3n) is 4.16. The third-order valence-corrected chi connectivity index (χ3v) is 5.28. The summed E-state index contributed by atoms with van der Waals surface area (Å²) in [5.74, 6) is 0.364. The van der Waals surface area contributed by atoms with Crippen LogP contribution in [0.5, 0.6) is 5.75 Å². The Morgan fingerprint density at radius 3 is 2.60 bits per heavy atom. The number of alkyl halides is 3. The molecule has 0 unspecified atom stereocenters. The van der Waals surface area contributed by atoms with Gasteiger partial charge in [0.05, 0.1) is 17.7 Å². The molecule has 0 bridgehead atoms. The van der Waals surface area contributed by atoms with Gasteiger partial charge >= 0.3 is 6.18 Å². The van der Waals surface area contributed by atoms with Crippen molar-refractivity contribution in [1.82, 2.24) is 10.3 Å². The Hall–Kier alpha value is -2.58. The molecule has 9 heteroatoms. The minimum absolute atomic E-state index is 0.0539. The van der Waals surface area contributed by atoms with Gasteiger partial charge in [0.1, 0.15) is 17.4 Å². The van der Waals surface area contributed by atoms with Gasteiger partial charge in [-0.05, 0) is 42.3 Å². The number of carbonyl (C=O) groups excluding carboxylic acids is 1. The molecule has 0 saturated carbocycles. The van der Waals surface area contributed by atoms with Crippen molar-refractivity contribution in [3.63, 3.8) is 0 Å². The number of halogens is 4. The van der Waals surface area contributed by atoms with Crippen molar-refractivity contribution in [2.75, 3.05) is 6.54 Å². The topological polar surface area (TPSA) is 51.2 Å². The van der Waals surface area contributed by atoms with E-state index in [9.17, 15) is 18.0 Å². The van der Waals surface area contributed by atoms with E-state index >= 15 is 0 Å². The summed E-state index contributed by atoms with van der Waals surface area (Å²) in [7, 11) is 0. The van der Waals surface area contributed by atoms with Crippen LogP contribution in [0.15, 0.2) is 53.9 Å². The molecule has 3 rings (SSSR count). The highest BCUT2D eigenvalue weighted by Crippen LogP contribution is 2.31. The lowest BCUT2D eigenvalue weighted by Crippen LogP contribution is -2.27. The van der Waals surface area contributed by atoms with Crippen molar-refractivity contribution in [2.45, 2.75) is 25.6 Å². The summed E-state index contributed by atoms with van der Waals surface area (Å²) in [6.07, 6.45) is -4.26. The fraction of sp³-hybridized carbons (Fsp3) is 0.238. The molecule has 1 aromatic heterocycles. The molecule has 30 heavy (non-hydrogen) atoms. The van der Waals surface area contributed by atoms with Gasteiger partial charge in [-0.25, -0.2) is 4.98 Å². The van der Waals surface area contributed by atoms with E-state index in [2.05, 4.69) is 10.3 Å². The summed E-state index contributed by atoms with van der Waals surface area (Å²) >= 11 is 7.20. The lowest BCUT2D eigenvalue weighted by atomic mass is 10.0. The minimum Gasteiger partial charge on any atom is -0.486 e. The molecule has 4 nitrogen and oxygen atoms in total. The number of carbonyl (C=O) groups is 1. The second-order valence-corrected chi connectivity index (χ2v) is 7.79. The Kier molecular flexibility index (Phi) is 7.33. The van der Waals surface area contributed by atoms with Crippen LogP contribution in [-0.2, 0) is 30.4 Å². The first-order valence-corrected chi connectivity index (χ1v) is 10.3. The van der Waals surface area contributed by atoms with Gasteiger partial charge in [0.25, 0.3) is 0 Å². The summed E-state index contributed by atoms with van der Waals surface area (Å²) in [4.78, 5) is 16.4.